The van der Waals surface area contributed by atoms with E-state index in [2.05, 4.69) is 0 Å². The van der Waals surface area contributed by atoms with Gasteiger partial charge in [0, 0.05) is 18.8 Å². The van der Waals surface area contributed by atoms with Gasteiger partial charge in [0.2, 0.25) is 0 Å². The summed E-state index contributed by atoms with van der Waals surface area (Å²) in [6, 6.07) is 11.5. The number of hydrogen-bond donors (Lipinski definition) is 0. The molecule has 128 valence electrons. The first-order valence-electron chi connectivity index (χ1n) is 8.08. The maximum atomic E-state index is 11.6. The highest BCUT2D eigenvalue weighted by atomic mass is 16.6. The topological polar surface area (TPSA) is 57.3 Å². The van der Waals surface area contributed by atoms with Crippen LogP contribution in [0.25, 0.3) is 22.0 Å². The van der Waals surface area contributed by atoms with E-state index < -0.39 is 0 Å². The molecule has 0 N–H and O–H groups in total. The molecule has 2 aromatic carbocycles. The Bertz CT molecular complexity index is 956. The lowest BCUT2D eigenvalue weighted by Gasteiger charge is -2.10. The molecule has 0 saturated heterocycles. The zero-order chi connectivity index (χ0) is 18.0. The number of hydrogen-bond acceptors (Lipinski definition) is 3. The van der Waals surface area contributed by atoms with Crippen LogP contribution in [0.15, 0.2) is 54.7 Å². The minimum atomic E-state index is -0.337. The van der Waals surface area contributed by atoms with Gasteiger partial charge in [-0.15, -0.1) is 0 Å². The predicted octanol–water partition coefficient (Wildman–Crippen LogP) is 4.88. The molecule has 0 bridgehead atoms. The molecule has 0 unspecified atom stereocenters. The highest BCUT2D eigenvalue weighted by Crippen LogP contribution is 2.42. The van der Waals surface area contributed by atoms with Crippen LogP contribution in [-0.4, -0.2) is 16.6 Å². The summed E-state index contributed by atoms with van der Waals surface area (Å²) in [4.78, 5) is 11.3. The van der Waals surface area contributed by atoms with Gasteiger partial charge in [0.25, 0.3) is 5.69 Å². The first kappa shape index (κ1) is 16.8. The highest BCUT2D eigenvalue weighted by Gasteiger charge is 2.24. The van der Waals surface area contributed by atoms with Crippen molar-refractivity contribution in [2.75, 3.05) is 7.11 Å². The third-order valence-electron chi connectivity index (χ3n) is 4.35. The number of rotatable bonds is 5. The van der Waals surface area contributed by atoms with Gasteiger partial charge >= 0.3 is 0 Å². The van der Waals surface area contributed by atoms with E-state index in [0.717, 1.165) is 22.0 Å². The van der Waals surface area contributed by atoms with Gasteiger partial charge in [-0.3, -0.25) is 10.1 Å². The van der Waals surface area contributed by atoms with E-state index in [9.17, 15) is 10.1 Å². The molecule has 0 spiro atoms. The van der Waals surface area contributed by atoms with Crippen molar-refractivity contribution in [3.63, 3.8) is 0 Å². The Morgan fingerprint density at radius 3 is 2.60 bits per heavy atom. The summed E-state index contributed by atoms with van der Waals surface area (Å²) in [6.07, 6.45) is 6.34. The van der Waals surface area contributed by atoms with Gasteiger partial charge in [0.15, 0.2) is 0 Å². The molecule has 5 nitrogen and oxygen atoms in total. The van der Waals surface area contributed by atoms with Gasteiger partial charge in [-0.25, -0.2) is 0 Å². The first-order valence-corrected chi connectivity index (χ1v) is 8.08. The van der Waals surface area contributed by atoms with Gasteiger partial charge < -0.3 is 9.30 Å². The molecule has 3 aromatic rings. The Hall–Kier alpha value is -3.08. The Labute approximate surface area is 146 Å². The van der Waals surface area contributed by atoms with E-state index in [1.807, 2.05) is 67.2 Å². The Morgan fingerprint density at radius 2 is 2.00 bits per heavy atom. The number of ether oxygens (including phenoxy) is 1. The summed E-state index contributed by atoms with van der Waals surface area (Å²) in [5, 5.41) is 12.5. The number of fused-ring (bicyclic) bond motifs is 1. The van der Waals surface area contributed by atoms with Gasteiger partial charge in [-0.2, -0.15) is 0 Å². The lowest BCUT2D eigenvalue weighted by Crippen LogP contribution is -2.00. The second kappa shape index (κ2) is 6.81. The molecule has 0 saturated carbocycles. The first-order chi connectivity index (χ1) is 12.1. The molecule has 0 fully saturated rings. The van der Waals surface area contributed by atoms with Crippen LogP contribution in [0.4, 0.5) is 5.69 Å². The van der Waals surface area contributed by atoms with Crippen molar-refractivity contribution in [1.82, 2.24) is 4.57 Å². The van der Waals surface area contributed by atoms with E-state index in [-0.39, 0.29) is 10.6 Å². The molecule has 5 heteroatoms. The van der Waals surface area contributed by atoms with Crippen LogP contribution in [0.1, 0.15) is 12.5 Å². The molecule has 0 aliphatic rings. The smallest absolute Gasteiger partial charge is 0.278 e. The molecule has 0 radical (unpaired) electrons. The van der Waals surface area contributed by atoms with Crippen LogP contribution in [-0.2, 0) is 13.5 Å². The number of benzene rings is 2. The van der Waals surface area contributed by atoms with Gasteiger partial charge in [-0.1, -0.05) is 42.5 Å². The maximum absolute atomic E-state index is 11.6. The largest absolute Gasteiger partial charge is 0.496 e. The molecular formula is C20H20N2O3. The minimum Gasteiger partial charge on any atom is -0.496 e. The normalized spacial score (nSPS) is 11.3. The van der Waals surface area contributed by atoms with Crippen molar-refractivity contribution >= 4 is 16.6 Å². The zero-order valence-corrected chi connectivity index (χ0v) is 14.5. The standard InChI is InChI=1S/C20H20N2O3/c1-4-5-11-15-17(22(23)24)12-18(25-3)19-16(13-21(2)20(15)19)14-9-7-6-8-10-14/h4-10,12-13H,11H2,1-3H3/b5-4+. The quantitative estimate of drug-likeness (QED) is 0.379. The Morgan fingerprint density at radius 1 is 1.28 bits per heavy atom. The lowest BCUT2D eigenvalue weighted by molar-refractivity contribution is -0.385. The van der Waals surface area contributed by atoms with Crippen molar-refractivity contribution in [2.24, 2.45) is 7.05 Å². The van der Waals surface area contributed by atoms with Gasteiger partial charge in [-0.05, 0) is 18.9 Å². The van der Waals surface area contributed by atoms with Crippen LogP contribution in [0, 0.1) is 10.1 Å². The van der Waals surface area contributed by atoms with Crippen molar-refractivity contribution in [3.8, 4) is 16.9 Å². The summed E-state index contributed by atoms with van der Waals surface area (Å²) < 4.78 is 7.47. The highest BCUT2D eigenvalue weighted by molar-refractivity contribution is 6.03. The minimum absolute atomic E-state index is 0.0864. The number of methoxy groups -OCH3 is 1. The molecule has 3 rings (SSSR count). The summed E-state index contributed by atoms with van der Waals surface area (Å²) in [5.74, 6) is 0.519. The van der Waals surface area contributed by atoms with Gasteiger partial charge in [0.05, 0.1) is 34.6 Å². The third-order valence-corrected chi connectivity index (χ3v) is 4.35. The van der Waals surface area contributed by atoms with E-state index in [1.165, 1.54) is 6.07 Å². The fourth-order valence-electron chi connectivity index (χ4n) is 3.24. The molecule has 0 aliphatic heterocycles. The monoisotopic (exact) mass is 336 g/mol. The fourth-order valence-corrected chi connectivity index (χ4v) is 3.24. The van der Waals surface area contributed by atoms with Crippen molar-refractivity contribution in [2.45, 2.75) is 13.3 Å². The van der Waals surface area contributed by atoms with E-state index in [0.29, 0.717) is 17.7 Å². The number of aromatic nitrogens is 1. The summed E-state index contributed by atoms with van der Waals surface area (Å²) >= 11 is 0. The molecule has 0 atom stereocenters. The van der Waals surface area contributed by atoms with Crippen LogP contribution in [0.3, 0.4) is 0 Å². The fraction of sp³-hybridized carbons (Fsp3) is 0.200. The lowest BCUT2D eigenvalue weighted by atomic mass is 9.99. The second-order valence-corrected chi connectivity index (χ2v) is 5.85. The van der Waals surface area contributed by atoms with E-state index in [4.69, 9.17) is 4.74 Å². The molecule has 0 aliphatic carbocycles. The summed E-state index contributed by atoms with van der Waals surface area (Å²) in [5.41, 5.74) is 3.68. The Balaban J connectivity index is 2.42. The third kappa shape index (κ3) is 2.89. The van der Waals surface area contributed by atoms with E-state index in [1.54, 1.807) is 7.11 Å². The maximum Gasteiger partial charge on any atom is 0.278 e. The Kier molecular flexibility index (Phi) is 4.57. The number of nitro benzene ring substituents is 1. The van der Waals surface area contributed by atoms with Gasteiger partial charge in [0.1, 0.15) is 5.75 Å². The number of aryl methyl sites for hydroxylation is 1. The number of allylic oxidation sites excluding steroid dienone is 2. The second-order valence-electron chi connectivity index (χ2n) is 5.85. The SMILES string of the molecule is C/C=C/Cc1c([N+](=O)[O-])cc(OC)c2c(-c3ccccc3)cn(C)c12. The average Bonchev–Trinajstić information content (AvgIpc) is 2.97. The van der Waals surface area contributed by atoms with E-state index >= 15 is 0 Å². The van der Waals surface area contributed by atoms with Crippen molar-refractivity contribution < 1.29 is 9.66 Å². The van der Waals surface area contributed by atoms with Crippen LogP contribution >= 0.6 is 0 Å². The van der Waals surface area contributed by atoms with Crippen LogP contribution in [0.2, 0.25) is 0 Å². The number of nitrogens with zero attached hydrogens (tertiary/aromatic N) is 2. The molecule has 0 amide bonds. The predicted molar refractivity (Wildman–Crippen MR) is 100 cm³/mol. The average molecular weight is 336 g/mol. The van der Waals surface area contributed by atoms with Crippen molar-refractivity contribution in [3.05, 3.63) is 70.4 Å². The summed E-state index contributed by atoms with van der Waals surface area (Å²) in [7, 11) is 3.46. The number of nitro groups is 1. The molecule has 25 heavy (non-hydrogen) atoms. The van der Waals surface area contributed by atoms with Crippen LogP contribution in [0.5, 0.6) is 5.75 Å². The summed E-state index contributed by atoms with van der Waals surface area (Å²) in [6.45, 7) is 1.91. The zero-order valence-electron chi connectivity index (χ0n) is 14.5. The molecular weight excluding hydrogens is 316 g/mol. The van der Waals surface area contributed by atoms with Crippen molar-refractivity contribution in [1.29, 1.82) is 0 Å². The molecule has 1 aromatic heterocycles. The molecule has 1 heterocycles. The van der Waals surface area contributed by atoms with Crippen LogP contribution < -0.4 is 4.74 Å².